The van der Waals surface area contributed by atoms with Crippen LogP contribution in [0.2, 0.25) is 0 Å². The normalized spacial score (nSPS) is 17.7. The fraction of sp³-hybridized carbons (Fsp3) is 0.320. The van der Waals surface area contributed by atoms with Crippen LogP contribution in [-0.4, -0.2) is 23.1 Å². The smallest absolute Gasteiger partial charge is 0.229 e. The van der Waals surface area contributed by atoms with Gasteiger partial charge in [0.05, 0.1) is 18.9 Å². The summed E-state index contributed by atoms with van der Waals surface area (Å²) >= 11 is 0. The molecule has 2 N–H and O–H groups in total. The second-order valence-corrected chi connectivity index (χ2v) is 8.16. The second-order valence-electron chi connectivity index (χ2n) is 8.16. The Morgan fingerprint density at radius 3 is 2.78 bits per heavy atom. The van der Waals surface area contributed by atoms with Crippen LogP contribution in [-0.2, 0) is 6.42 Å². The number of anilines is 3. The predicted octanol–water partition coefficient (Wildman–Crippen LogP) is 5.96. The lowest BCUT2D eigenvalue weighted by atomic mass is 9.97. The van der Waals surface area contributed by atoms with Crippen molar-refractivity contribution in [2.75, 3.05) is 23.8 Å². The molecule has 1 atom stereocenters. The van der Waals surface area contributed by atoms with E-state index in [1.54, 1.807) is 6.07 Å². The summed E-state index contributed by atoms with van der Waals surface area (Å²) in [4.78, 5) is 13.2. The Morgan fingerprint density at radius 1 is 1.06 bits per heavy atom. The van der Waals surface area contributed by atoms with Gasteiger partial charge >= 0.3 is 0 Å². The molecule has 0 saturated heterocycles. The standard InChI is InChI=1S/C25H24FN5O/c1-27-21-12-9-18-15-22(21)32-14-4-2-3-13-28-24-20-11-10-19(16-5-7-17(26)8-6-16)23(20)30-25(29-18)31-24/h5-9,12,15,19H,2-4,10-11,13-14H2,(H2,28,29,30,31). The van der Waals surface area contributed by atoms with Crippen LogP contribution in [0.4, 0.5) is 27.5 Å². The Kier molecular flexibility index (Phi) is 5.59. The van der Waals surface area contributed by atoms with Gasteiger partial charge in [0.2, 0.25) is 11.6 Å². The van der Waals surface area contributed by atoms with E-state index in [-0.39, 0.29) is 11.7 Å². The molecule has 162 valence electrons. The van der Waals surface area contributed by atoms with Crippen molar-refractivity contribution in [2.45, 2.75) is 38.0 Å². The maximum atomic E-state index is 13.5. The number of nitrogens with one attached hydrogen (secondary N) is 2. The molecule has 2 aliphatic rings. The van der Waals surface area contributed by atoms with E-state index >= 15 is 0 Å². The minimum absolute atomic E-state index is 0.108. The molecule has 6 nitrogen and oxygen atoms in total. The molecule has 1 aromatic heterocycles. The van der Waals surface area contributed by atoms with Gasteiger partial charge in [-0.15, -0.1) is 0 Å². The molecule has 5 rings (SSSR count). The van der Waals surface area contributed by atoms with Gasteiger partial charge in [0.25, 0.3) is 0 Å². The molecule has 0 fully saturated rings. The summed E-state index contributed by atoms with van der Waals surface area (Å²) in [5, 5.41) is 6.81. The van der Waals surface area contributed by atoms with Crippen LogP contribution < -0.4 is 15.4 Å². The number of nitrogens with zero attached hydrogens (tertiary/aromatic N) is 3. The van der Waals surface area contributed by atoms with E-state index in [9.17, 15) is 4.39 Å². The van der Waals surface area contributed by atoms with E-state index in [0.29, 0.717) is 24.0 Å². The van der Waals surface area contributed by atoms with Crippen molar-refractivity contribution in [1.82, 2.24) is 9.97 Å². The number of ether oxygens (including phenoxy) is 1. The fourth-order valence-corrected chi connectivity index (χ4v) is 4.40. The highest BCUT2D eigenvalue weighted by molar-refractivity contribution is 5.68. The highest BCUT2D eigenvalue weighted by Gasteiger charge is 2.29. The number of benzene rings is 2. The van der Waals surface area contributed by atoms with Crippen molar-refractivity contribution in [1.29, 1.82) is 0 Å². The van der Waals surface area contributed by atoms with Gasteiger partial charge in [-0.1, -0.05) is 18.2 Å². The SMILES string of the molecule is [C-]#[N+]c1ccc2cc1OCCCCCNc1nc(nc3c1CCC3c1ccc(F)cc1)N2. The number of rotatable bonds is 1. The topological polar surface area (TPSA) is 63.4 Å². The van der Waals surface area contributed by atoms with E-state index in [2.05, 4.69) is 15.5 Å². The van der Waals surface area contributed by atoms with E-state index < -0.39 is 0 Å². The van der Waals surface area contributed by atoms with Crippen LogP contribution in [0.25, 0.3) is 4.85 Å². The lowest BCUT2D eigenvalue weighted by molar-refractivity contribution is 0.308. The summed E-state index contributed by atoms with van der Waals surface area (Å²) in [6, 6.07) is 12.1. The van der Waals surface area contributed by atoms with Crippen LogP contribution >= 0.6 is 0 Å². The number of aromatic nitrogens is 2. The first kappa shape index (κ1) is 20.3. The second kappa shape index (κ2) is 8.83. The zero-order valence-electron chi connectivity index (χ0n) is 17.7. The summed E-state index contributed by atoms with van der Waals surface area (Å²) in [5.74, 6) is 1.82. The first-order valence-corrected chi connectivity index (χ1v) is 11.0. The number of fused-ring (bicyclic) bond motifs is 6. The zero-order valence-corrected chi connectivity index (χ0v) is 17.7. The van der Waals surface area contributed by atoms with Gasteiger partial charge in [-0.05, 0) is 61.9 Å². The number of hydrogen-bond donors (Lipinski definition) is 2. The Bertz CT molecular complexity index is 1170. The molecule has 2 heterocycles. The minimum Gasteiger partial charge on any atom is -0.505 e. The maximum absolute atomic E-state index is 13.5. The van der Waals surface area contributed by atoms with Crippen molar-refractivity contribution in [3.63, 3.8) is 0 Å². The molecular weight excluding hydrogens is 405 g/mol. The number of halogens is 1. The molecule has 7 heteroatoms. The highest BCUT2D eigenvalue weighted by Crippen LogP contribution is 2.41. The van der Waals surface area contributed by atoms with Gasteiger partial charge in [0, 0.05) is 23.7 Å². The molecule has 2 aromatic carbocycles. The van der Waals surface area contributed by atoms with Crippen molar-refractivity contribution >= 4 is 23.1 Å². The molecule has 1 aliphatic carbocycles. The van der Waals surface area contributed by atoms with Crippen LogP contribution in [0.15, 0.2) is 42.5 Å². The molecule has 1 unspecified atom stereocenters. The monoisotopic (exact) mass is 429 g/mol. The Morgan fingerprint density at radius 2 is 1.94 bits per heavy atom. The lowest BCUT2D eigenvalue weighted by Crippen LogP contribution is -2.11. The summed E-state index contributed by atoms with van der Waals surface area (Å²) in [7, 11) is 0. The Labute approximate surface area is 186 Å². The predicted molar refractivity (Wildman–Crippen MR) is 122 cm³/mol. The molecule has 0 radical (unpaired) electrons. The third-order valence-corrected chi connectivity index (χ3v) is 6.03. The molecule has 0 spiro atoms. The average Bonchev–Trinajstić information content (AvgIpc) is 3.23. The quantitative estimate of drug-likeness (QED) is 0.467. The molecule has 0 amide bonds. The third kappa shape index (κ3) is 4.09. The summed E-state index contributed by atoms with van der Waals surface area (Å²) in [6.07, 6.45) is 4.76. The summed E-state index contributed by atoms with van der Waals surface area (Å²) in [5.41, 5.74) is 4.46. The summed E-state index contributed by atoms with van der Waals surface area (Å²) < 4.78 is 19.3. The van der Waals surface area contributed by atoms with Gasteiger partial charge in [0.1, 0.15) is 17.4 Å². The summed E-state index contributed by atoms with van der Waals surface area (Å²) in [6.45, 7) is 8.81. The first-order valence-electron chi connectivity index (χ1n) is 11.0. The van der Waals surface area contributed by atoms with Gasteiger partial charge < -0.3 is 15.4 Å². The van der Waals surface area contributed by atoms with E-state index in [1.807, 2.05) is 24.3 Å². The average molecular weight is 429 g/mol. The van der Waals surface area contributed by atoms with Crippen molar-refractivity contribution in [3.8, 4) is 5.75 Å². The van der Waals surface area contributed by atoms with E-state index in [0.717, 1.165) is 67.0 Å². The van der Waals surface area contributed by atoms with Gasteiger partial charge in [-0.3, -0.25) is 0 Å². The first-order chi connectivity index (χ1) is 15.7. The molecule has 3 aromatic rings. The van der Waals surface area contributed by atoms with Gasteiger partial charge in [0.15, 0.2) is 0 Å². The number of hydrogen-bond acceptors (Lipinski definition) is 5. The van der Waals surface area contributed by atoms with Crippen molar-refractivity contribution in [3.05, 3.63) is 76.5 Å². The molecule has 1 aliphatic heterocycles. The molecule has 32 heavy (non-hydrogen) atoms. The van der Waals surface area contributed by atoms with Crippen LogP contribution in [0, 0.1) is 12.4 Å². The van der Waals surface area contributed by atoms with Crippen LogP contribution in [0.1, 0.15) is 48.4 Å². The molecule has 4 bridgehead atoms. The highest BCUT2D eigenvalue weighted by atomic mass is 19.1. The molecule has 0 saturated carbocycles. The largest absolute Gasteiger partial charge is 0.505 e. The minimum atomic E-state index is -0.235. The van der Waals surface area contributed by atoms with Gasteiger partial charge in [-0.2, -0.15) is 4.98 Å². The maximum Gasteiger partial charge on any atom is 0.229 e. The zero-order chi connectivity index (χ0) is 21.9. The van der Waals surface area contributed by atoms with Gasteiger partial charge in [-0.25, -0.2) is 14.2 Å². The molecular formula is C25H24FN5O. The van der Waals surface area contributed by atoms with Crippen LogP contribution in [0.3, 0.4) is 0 Å². The van der Waals surface area contributed by atoms with E-state index in [4.69, 9.17) is 21.3 Å². The fourth-order valence-electron chi connectivity index (χ4n) is 4.40. The van der Waals surface area contributed by atoms with E-state index in [1.165, 1.54) is 12.1 Å². The Hall–Kier alpha value is -3.66. The Balaban J connectivity index is 1.55. The third-order valence-electron chi connectivity index (χ3n) is 6.03. The van der Waals surface area contributed by atoms with Crippen molar-refractivity contribution < 1.29 is 9.13 Å². The van der Waals surface area contributed by atoms with Crippen molar-refractivity contribution in [2.24, 2.45) is 0 Å². The lowest BCUT2D eigenvalue weighted by Gasteiger charge is -2.17. The van der Waals surface area contributed by atoms with Crippen LogP contribution in [0.5, 0.6) is 5.75 Å².